The summed E-state index contributed by atoms with van der Waals surface area (Å²) in [5.41, 5.74) is 1.42. The second-order valence-corrected chi connectivity index (χ2v) is 5.31. The molecule has 5 nitrogen and oxygen atoms in total. The molecule has 0 bridgehead atoms. The molecule has 2 aromatic carbocycles. The van der Waals surface area contributed by atoms with Gasteiger partial charge in [0.05, 0.1) is 18.3 Å². The molecule has 122 valence electrons. The molecular weight excluding hydrogens is 304 g/mol. The van der Waals surface area contributed by atoms with E-state index >= 15 is 0 Å². The number of hydrogen-bond acceptors (Lipinski definition) is 4. The molecule has 1 amide bonds. The molecule has 0 aliphatic heterocycles. The van der Waals surface area contributed by atoms with Crippen LogP contribution in [0.5, 0.6) is 11.5 Å². The summed E-state index contributed by atoms with van der Waals surface area (Å²) in [7, 11) is 1.60. The largest absolute Gasteiger partial charge is 0.497 e. The zero-order chi connectivity index (χ0) is 16.9. The Morgan fingerprint density at radius 1 is 1.04 bits per heavy atom. The fourth-order valence-corrected chi connectivity index (χ4v) is 2.35. The minimum absolute atomic E-state index is 0.232. The van der Waals surface area contributed by atoms with Gasteiger partial charge in [0.25, 0.3) is 5.91 Å². The van der Waals surface area contributed by atoms with Crippen molar-refractivity contribution in [1.82, 2.24) is 4.98 Å². The Morgan fingerprint density at radius 3 is 2.50 bits per heavy atom. The van der Waals surface area contributed by atoms with Crippen molar-refractivity contribution in [2.45, 2.75) is 13.0 Å². The van der Waals surface area contributed by atoms with Crippen molar-refractivity contribution in [2.24, 2.45) is 0 Å². The lowest BCUT2D eigenvalue weighted by atomic mass is 10.2. The lowest BCUT2D eigenvalue weighted by Crippen LogP contribution is -2.30. The van der Waals surface area contributed by atoms with Crippen LogP contribution in [0.4, 0.5) is 5.69 Å². The number of carbonyl (C=O) groups is 1. The Kier molecular flexibility index (Phi) is 4.61. The molecule has 0 aliphatic carbocycles. The number of rotatable bonds is 5. The molecule has 1 heterocycles. The summed E-state index contributed by atoms with van der Waals surface area (Å²) in [5.74, 6) is 1.11. The maximum atomic E-state index is 12.4. The number of pyridine rings is 1. The van der Waals surface area contributed by atoms with Gasteiger partial charge in [-0.2, -0.15) is 0 Å². The average Bonchev–Trinajstić information content (AvgIpc) is 2.62. The van der Waals surface area contributed by atoms with Gasteiger partial charge in [0.15, 0.2) is 6.10 Å². The third kappa shape index (κ3) is 3.46. The number of fused-ring (bicyclic) bond motifs is 1. The molecule has 3 aromatic rings. The van der Waals surface area contributed by atoms with Crippen LogP contribution in [0.25, 0.3) is 10.9 Å². The van der Waals surface area contributed by atoms with Crippen LogP contribution < -0.4 is 14.8 Å². The summed E-state index contributed by atoms with van der Waals surface area (Å²) >= 11 is 0. The maximum absolute atomic E-state index is 12.4. The lowest BCUT2D eigenvalue weighted by molar-refractivity contribution is -0.122. The minimum Gasteiger partial charge on any atom is -0.497 e. The summed E-state index contributed by atoms with van der Waals surface area (Å²) < 4.78 is 10.8. The van der Waals surface area contributed by atoms with E-state index in [2.05, 4.69) is 10.3 Å². The van der Waals surface area contributed by atoms with Crippen molar-refractivity contribution in [2.75, 3.05) is 12.4 Å². The number of benzene rings is 2. The van der Waals surface area contributed by atoms with Gasteiger partial charge in [-0.15, -0.1) is 0 Å². The first-order chi connectivity index (χ1) is 11.7. The quantitative estimate of drug-likeness (QED) is 0.779. The van der Waals surface area contributed by atoms with E-state index in [-0.39, 0.29) is 5.91 Å². The second kappa shape index (κ2) is 7.00. The number of hydrogen-bond donors (Lipinski definition) is 1. The number of methoxy groups -OCH3 is 1. The van der Waals surface area contributed by atoms with Crippen molar-refractivity contribution in [1.29, 1.82) is 0 Å². The Bertz CT molecular complexity index is 841. The second-order valence-electron chi connectivity index (χ2n) is 5.31. The van der Waals surface area contributed by atoms with E-state index in [9.17, 15) is 4.79 Å². The lowest BCUT2D eigenvalue weighted by Gasteiger charge is -2.15. The first-order valence-corrected chi connectivity index (χ1v) is 7.62. The van der Waals surface area contributed by atoms with E-state index in [4.69, 9.17) is 9.47 Å². The van der Waals surface area contributed by atoms with Gasteiger partial charge < -0.3 is 14.8 Å². The van der Waals surface area contributed by atoms with Crippen molar-refractivity contribution in [3.8, 4) is 11.5 Å². The average molecular weight is 322 g/mol. The van der Waals surface area contributed by atoms with E-state index in [0.717, 1.165) is 16.7 Å². The number of aromatic nitrogens is 1. The number of nitrogens with zero attached hydrogens (tertiary/aromatic N) is 1. The molecule has 1 atom stereocenters. The van der Waals surface area contributed by atoms with Crippen LogP contribution in [0.1, 0.15) is 6.92 Å². The highest BCUT2D eigenvalue weighted by molar-refractivity contribution is 6.01. The Labute approximate surface area is 140 Å². The van der Waals surface area contributed by atoms with Crippen LogP contribution >= 0.6 is 0 Å². The molecule has 1 aromatic heterocycles. The van der Waals surface area contributed by atoms with Crippen molar-refractivity contribution in [3.05, 3.63) is 60.8 Å². The monoisotopic (exact) mass is 322 g/mol. The SMILES string of the molecule is COc1ccc(OC(C)C(=O)Nc2cccc3cccnc23)cc1. The Morgan fingerprint density at radius 2 is 1.75 bits per heavy atom. The fraction of sp³-hybridized carbons (Fsp3) is 0.158. The van der Waals surface area contributed by atoms with Crippen LogP contribution in [-0.4, -0.2) is 24.1 Å². The number of ether oxygens (including phenoxy) is 2. The molecular formula is C19H18N2O3. The molecule has 24 heavy (non-hydrogen) atoms. The number of amides is 1. The number of para-hydroxylation sites is 1. The first-order valence-electron chi connectivity index (χ1n) is 7.62. The highest BCUT2D eigenvalue weighted by atomic mass is 16.5. The predicted octanol–water partition coefficient (Wildman–Crippen LogP) is 3.65. The Balaban J connectivity index is 1.71. The van der Waals surface area contributed by atoms with Gasteiger partial charge in [-0.05, 0) is 43.3 Å². The van der Waals surface area contributed by atoms with Crippen LogP contribution in [-0.2, 0) is 4.79 Å². The van der Waals surface area contributed by atoms with E-state index < -0.39 is 6.10 Å². The van der Waals surface area contributed by atoms with Gasteiger partial charge in [0, 0.05) is 11.6 Å². The van der Waals surface area contributed by atoms with E-state index in [0.29, 0.717) is 11.4 Å². The molecule has 0 fully saturated rings. The number of anilines is 1. The zero-order valence-electron chi connectivity index (χ0n) is 13.5. The summed E-state index contributed by atoms with van der Waals surface area (Å²) in [6.07, 6.45) is 1.06. The fourth-order valence-electron chi connectivity index (χ4n) is 2.35. The summed E-state index contributed by atoms with van der Waals surface area (Å²) in [6.45, 7) is 1.71. The third-order valence-electron chi connectivity index (χ3n) is 3.63. The topological polar surface area (TPSA) is 60.5 Å². The van der Waals surface area contributed by atoms with Gasteiger partial charge in [0.2, 0.25) is 0 Å². The molecule has 5 heteroatoms. The Hall–Kier alpha value is -3.08. The molecule has 0 spiro atoms. The summed E-state index contributed by atoms with van der Waals surface area (Å²) in [5, 5.41) is 3.85. The van der Waals surface area contributed by atoms with Crippen molar-refractivity contribution in [3.63, 3.8) is 0 Å². The standard InChI is InChI=1S/C19H18N2O3/c1-13(24-16-10-8-15(23-2)9-11-16)19(22)21-17-7-3-5-14-6-4-12-20-18(14)17/h3-13H,1-2H3,(H,21,22). The molecule has 0 aliphatic rings. The van der Waals surface area contributed by atoms with Gasteiger partial charge in [-0.1, -0.05) is 18.2 Å². The number of carbonyl (C=O) groups excluding carboxylic acids is 1. The molecule has 3 rings (SSSR count). The molecule has 0 radical (unpaired) electrons. The highest BCUT2D eigenvalue weighted by Gasteiger charge is 2.16. The van der Waals surface area contributed by atoms with E-state index in [1.165, 1.54) is 0 Å². The normalized spacial score (nSPS) is 11.8. The predicted molar refractivity (Wildman–Crippen MR) is 93.5 cm³/mol. The third-order valence-corrected chi connectivity index (χ3v) is 3.63. The van der Waals surface area contributed by atoms with E-state index in [1.807, 2.05) is 30.3 Å². The zero-order valence-corrected chi connectivity index (χ0v) is 13.5. The summed E-state index contributed by atoms with van der Waals surface area (Å²) in [6, 6.07) is 16.6. The van der Waals surface area contributed by atoms with E-state index in [1.54, 1.807) is 44.5 Å². The maximum Gasteiger partial charge on any atom is 0.265 e. The van der Waals surface area contributed by atoms with Gasteiger partial charge in [0.1, 0.15) is 11.5 Å². The molecule has 0 saturated heterocycles. The van der Waals surface area contributed by atoms with Crippen LogP contribution in [0, 0.1) is 0 Å². The molecule has 1 N–H and O–H groups in total. The minimum atomic E-state index is -0.641. The smallest absolute Gasteiger partial charge is 0.265 e. The van der Waals surface area contributed by atoms with Gasteiger partial charge in [-0.3, -0.25) is 9.78 Å². The highest BCUT2D eigenvalue weighted by Crippen LogP contribution is 2.22. The van der Waals surface area contributed by atoms with Gasteiger partial charge >= 0.3 is 0 Å². The van der Waals surface area contributed by atoms with Crippen LogP contribution in [0.15, 0.2) is 60.8 Å². The molecule has 0 saturated carbocycles. The number of nitrogens with one attached hydrogen (secondary N) is 1. The van der Waals surface area contributed by atoms with Crippen molar-refractivity contribution < 1.29 is 14.3 Å². The van der Waals surface area contributed by atoms with Crippen LogP contribution in [0.3, 0.4) is 0 Å². The molecule has 1 unspecified atom stereocenters. The summed E-state index contributed by atoms with van der Waals surface area (Å²) in [4.78, 5) is 16.7. The van der Waals surface area contributed by atoms with Gasteiger partial charge in [-0.25, -0.2) is 0 Å². The van der Waals surface area contributed by atoms with Crippen molar-refractivity contribution >= 4 is 22.5 Å². The first kappa shape index (κ1) is 15.8. The van der Waals surface area contributed by atoms with Crippen LogP contribution in [0.2, 0.25) is 0 Å².